The van der Waals surface area contributed by atoms with E-state index in [0.717, 1.165) is 6.07 Å². The minimum Gasteiger partial charge on any atom is -0.463 e. The van der Waals surface area contributed by atoms with E-state index in [4.69, 9.17) is 21.3 Å². The van der Waals surface area contributed by atoms with E-state index in [0.29, 0.717) is 35.1 Å². The van der Waals surface area contributed by atoms with Gasteiger partial charge in [0.1, 0.15) is 18.0 Å². The third kappa shape index (κ3) is 6.60. The van der Waals surface area contributed by atoms with Gasteiger partial charge >= 0.3 is 5.97 Å². The number of hydrogen-bond acceptors (Lipinski definition) is 9. The molecule has 0 spiro atoms. The first-order valence-corrected chi connectivity index (χ1v) is 12.9. The fourth-order valence-electron chi connectivity index (χ4n) is 4.41. The molecule has 1 N–H and O–H groups in total. The molecule has 2 aliphatic heterocycles. The van der Waals surface area contributed by atoms with Crippen LogP contribution < -0.4 is 5.32 Å². The molecule has 1 aromatic heterocycles. The Bertz CT molecular complexity index is 1220. The first kappa shape index (κ1) is 26.9. The molecule has 1 saturated heterocycles. The number of piperidine rings is 1. The van der Waals surface area contributed by atoms with Crippen LogP contribution in [0.5, 0.6) is 0 Å². The Morgan fingerprint density at radius 3 is 2.92 bits per heavy atom. The minimum absolute atomic E-state index is 0.109. The number of nitrogens with one attached hydrogen (secondary N) is 1. The molecule has 2 unspecified atom stereocenters. The first-order chi connectivity index (χ1) is 17.9. The molecule has 0 bridgehead atoms. The molecular weight excluding hydrogens is 526 g/mol. The smallest absolute Gasteiger partial charge is 0.338 e. The molecule has 12 heteroatoms. The second-order valence-electron chi connectivity index (χ2n) is 8.47. The molecule has 2 aliphatic rings. The summed E-state index contributed by atoms with van der Waals surface area (Å²) < 4.78 is 38.5. The summed E-state index contributed by atoms with van der Waals surface area (Å²) in [5.41, 5.74) is 1.09. The van der Waals surface area contributed by atoms with Crippen molar-refractivity contribution >= 4 is 41.2 Å². The Morgan fingerprint density at radius 2 is 2.22 bits per heavy atom. The molecule has 1 fully saturated rings. The molecule has 196 valence electrons. The molecule has 3 atom stereocenters. The number of alkyl halides is 1. The van der Waals surface area contributed by atoms with Gasteiger partial charge in [-0.2, -0.15) is 0 Å². The number of rotatable bonds is 9. The van der Waals surface area contributed by atoms with Crippen molar-refractivity contribution in [3.63, 3.8) is 0 Å². The van der Waals surface area contributed by atoms with Gasteiger partial charge in [0.25, 0.3) is 6.47 Å². The van der Waals surface area contributed by atoms with Gasteiger partial charge < -0.3 is 14.8 Å². The lowest BCUT2D eigenvalue weighted by molar-refractivity contribution is -0.139. The highest BCUT2D eigenvalue weighted by Crippen LogP contribution is 2.37. The summed E-state index contributed by atoms with van der Waals surface area (Å²) >= 11 is 7.75. The Morgan fingerprint density at radius 1 is 1.38 bits per heavy atom. The molecule has 0 saturated carbocycles. The third-order valence-electron chi connectivity index (χ3n) is 5.89. The maximum absolute atomic E-state index is 14.7. The van der Waals surface area contributed by atoms with Crippen molar-refractivity contribution in [1.82, 2.24) is 15.2 Å². The largest absolute Gasteiger partial charge is 0.463 e. The number of carbonyl (C=O) groups excluding carboxylic acids is 2. The average Bonchev–Trinajstić information content (AvgIpc) is 3.39. The Hall–Kier alpha value is -3.15. The summed E-state index contributed by atoms with van der Waals surface area (Å²) in [6, 6.07) is 3.00. The van der Waals surface area contributed by atoms with Crippen LogP contribution >= 0.6 is 22.9 Å². The summed E-state index contributed by atoms with van der Waals surface area (Å²) in [5, 5.41) is 5.69. The highest BCUT2D eigenvalue weighted by molar-refractivity contribution is 7.11. The van der Waals surface area contributed by atoms with E-state index in [1.54, 1.807) is 24.6 Å². The number of likely N-dealkylation sites (tertiary alicyclic amines) is 1. The monoisotopic (exact) mass is 550 g/mol. The zero-order chi connectivity index (χ0) is 26.4. The van der Waals surface area contributed by atoms with Gasteiger partial charge in [-0.15, -0.1) is 11.3 Å². The lowest BCUT2D eigenvalue weighted by atomic mass is 9.93. The van der Waals surface area contributed by atoms with Crippen molar-refractivity contribution in [3.05, 3.63) is 74.8 Å². The van der Waals surface area contributed by atoms with E-state index in [1.807, 2.05) is 4.90 Å². The predicted molar refractivity (Wildman–Crippen MR) is 135 cm³/mol. The number of ether oxygens (including phenoxy) is 2. The quantitative estimate of drug-likeness (QED) is 0.284. The predicted octanol–water partition coefficient (Wildman–Crippen LogP) is 4.19. The van der Waals surface area contributed by atoms with Gasteiger partial charge in [-0.05, 0) is 37.5 Å². The van der Waals surface area contributed by atoms with Gasteiger partial charge in [-0.3, -0.25) is 14.7 Å². The van der Waals surface area contributed by atoms with E-state index in [1.165, 1.54) is 29.7 Å². The molecule has 0 aliphatic carbocycles. The van der Waals surface area contributed by atoms with Crippen molar-refractivity contribution in [3.8, 4) is 0 Å². The molecule has 2 aromatic rings. The number of amidine groups is 1. The molecule has 37 heavy (non-hydrogen) atoms. The van der Waals surface area contributed by atoms with Crippen molar-refractivity contribution in [2.24, 2.45) is 10.9 Å². The van der Waals surface area contributed by atoms with E-state index in [2.05, 4.69) is 15.0 Å². The molecular formula is C25H25ClF2N4O4S. The van der Waals surface area contributed by atoms with Crippen LogP contribution in [0.3, 0.4) is 0 Å². The van der Waals surface area contributed by atoms with Crippen molar-refractivity contribution in [2.45, 2.75) is 25.6 Å². The molecule has 3 heterocycles. The molecule has 0 amide bonds. The Balaban J connectivity index is 1.75. The SMILES string of the molecule is CCOC(=O)C1=C(CN2CC(F)CC(/C=C/OC=O)C2)NC(c2nccs2)=N[C@H]1c1ccc(F)cc1Cl. The maximum Gasteiger partial charge on any atom is 0.338 e. The molecule has 0 radical (unpaired) electrons. The zero-order valence-corrected chi connectivity index (χ0v) is 21.5. The summed E-state index contributed by atoms with van der Waals surface area (Å²) in [6.07, 6.45) is 3.68. The highest BCUT2D eigenvalue weighted by Gasteiger charge is 2.36. The van der Waals surface area contributed by atoms with E-state index in [-0.39, 0.29) is 42.6 Å². The Kier molecular flexibility index (Phi) is 9.01. The van der Waals surface area contributed by atoms with E-state index in [9.17, 15) is 18.4 Å². The summed E-state index contributed by atoms with van der Waals surface area (Å²) in [6.45, 7) is 2.90. The van der Waals surface area contributed by atoms with Gasteiger partial charge in [0.15, 0.2) is 10.8 Å². The summed E-state index contributed by atoms with van der Waals surface area (Å²) in [4.78, 5) is 34.6. The number of thiazole rings is 1. The van der Waals surface area contributed by atoms with Crippen LogP contribution in [0.25, 0.3) is 0 Å². The van der Waals surface area contributed by atoms with Gasteiger partial charge in [-0.25, -0.2) is 18.6 Å². The molecule has 4 rings (SSSR count). The van der Waals surface area contributed by atoms with Crippen LogP contribution in [0, 0.1) is 11.7 Å². The fraction of sp³-hybridized carbons (Fsp3) is 0.360. The molecule has 8 nitrogen and oxygen atoms in total. The highest BCUT2D eigenvalue weighted by atomic mass is 35.5. The standard InChI is InChI=1S/C25H25ClF2N4O4S/c1-2-36-25(34)21-20(13-32-11-15(5-7-35-14-33)9-17(28)12-32)30-23(24-29-6-8-37-24)31-22(21)18-4-3-16(27)10-19(18)26/h3-8,10,14-15,17,22H,2,9,11-13H2,1H3,(H,30,31)/b7-5+/t15?,17?,22-/m0/s1. The summed E-state index contributed by atoms with van der Waals surface area (Å²) in [7, 11) is 0. The number of halogens is 3. The van der Waals surface area contributed by atoms with Crippen molar-refractivity contribution < 1.29 is 27.8 Å². The van der Waals surface area contributed by atoms with Crippen LogP contribution in [-0.4, -0.2) is 60.6 Å². The second-order valence-corrected chi connectivity index (χ2v) is 9.77. The van der Waals surface area contributed by atoms with Crippen LogP contribution in [-0.2, 0) is 19.1 Å². The normalized spacial score (nSPS) is 22.5. The fourth-order valence-corrected chi connectivity index (χ4v) is 5.27. The van der Waals surface area contributed by atoms with Gasteiger partial charge in [-0.1, -0.05) is 17.7 Å². The molecule has 1 aromatic carbocycles. The number of aromatic nitrogens is 1. The van der Waals surface area contributed by atoms with Crippen LogP contribution in [0.15, 0.2) is 58.4 Å². The lowest BCUT2D eigenvalue weighted by Crippen LogP contribution is -2.45. The van der Waals surface area contributed by atoms with Crippen LogP contribution in [0.2, 0.25) is 5.02 Å². The first-order valence-electron chi connectivity index (χ1n) is 11.6. The van der Waals surface area contributed by atoms with Gasteiger partial charge in [0.05, 0.1) is 18.4 Å². The number of hydrogen-bond donors (Lipinski definition) is 1. The number of nitrogens with zero attached hydrogens (tertiary/aromatic N) is 3. The lowest BCUT2D eigenvalue weighted by Gasteiger charge is -2.36. The number of esters is 1. The Labute approximate surface area is 221 Å². The third-order valence-corrected chi connectivity index (χ3v) is 6.99. The van der Waals surface area contributed by atoms with Crippen LogP contribution in [0.1, 0.15) is 30.0 Å². The number of benzene rings is 1. The number of aliphatic imine (C=N–C) groups is 1. The zero-order valence-electron chi connectivity index (χ0n) is 19.9. The van der Waals surface area contributed by atoms with E-state index < -0.39 is 24.0 Å². The summed E-state index contributed by atoms with van der Waals surface area (Å²) in [5.74, 6) is -0.919. The second kappa shape index (κ2) is 12.4. The van der Waals surface area contributed by atoms with Crippen molar-refractivity contribution in [1.29, 1.82) is 0 Å². The van der Waals surface area contributed by atoms with E-state index >= 15 is 0 Å². The maximum atomic E-state index is 14.7. The van der Waals surface area contributed by atoms with Gasteiger partial charge in [0, 0.05) is 47.5 Å². The van der Waals surface area contributed by atoms with Crippen molar-refractivity contribution in [2.75, 3.05) is 26.2 Å². The minimum atomic E-state index is -1.12. The topological polar surface area (TPSA) is 93.1 Å². The average molecular weight is 551 g/mol. The van der Waals surface area contributed by atoms with Crippen LogP contribution in [0.4, 0.5) is 8.78 Å². The number of carbonyl (C=O) groups is 2. The van der Waals surface area contributed by atoms with Gasteiger partial charge in [0.2, 0.25) is 0 Å².